The highest BCUT2D eigenvalue weighted by atomic mass is 32.2. The van der Waals surface area contributed by atoms with Crippen molar-refractivity contribution in [2.24, 2.45) is 0 Å². The molecule has 0 atom stereocenters. The lowest BCUT2D eigenvalue weighted by Gasteiger charge is -2.07. The summed E-state index contributed by atoms with van der Waals surface area (Å²) in [5, 5.41) is 2.66. The average molecular weight is 380 g/mol. The van der Waals surface area contributed by atoms with Gasteiger partial charge in [-0.25, -0.2) is 13.1 Å². The van der Waals surface area contributed by atoms with Crippen LogP contribution in [0.3, 0.4) is 0 Å². The third kappa shape index (κ3) is 4.97. The van der Waals surface area contributed by atoms with E-state index in [1.165, 1.54) is 31.3 Å². The normalized spacial score (nSPS) is 11.3. The predicted octanol–water partition coefficient (Wildman–Crippen LogP) is 2.87. The summed E-state index contributed by atoms with van der Waals surface area (Å²) in [6, 6.07) is 7.68. The molecule has 134 valence electrons. The average Bonchev–Trinajstić information content (AvgIpc) is 2.91. The Morgan fingerprint density at radius 2 is 1.72 bits per heavy atom. The van der Waals surface area contributed by atoms with Crippen molar-refractivity contribution in [1.82, 2.24) is 4.72 Å². The smallest absolute Gasteiger partial charge is 0.240 e. The predicted molar refractivity (Wildman–Crippen MR) is 98.7 cm³/mol. The molecule has 0 aliphatic heterocycles. The molecular weight excluding hydrogens is 360 g/mol. The Hall–Kier alpha value is -2.03. The first-order valence-electron chi connectivity index (χ1n) is 7.66. The summed E-state index contributed by atoms with van der Waals surface area (Å²) in [5.74, 6) is -0.338. The van der Waals surface area contributed by atoms with E-state index in [1.807, 2.05) is 19.9 Å². The second kappa shape index (κ2) is 7.90. The van der Waals surface area contributed by atoms with E-state index >= 15 is 0 Å². The third-order valence-electron chi connectivity index (χ3n) is 3.64. The quantitative estimate of drug-likeness (QED) is 0.723. The molecule has 0 fully saturated rings. The number of anilines is 1. The van der Waals surface area contributed by atoms with Crippen molar-refractivity contribution < 1.29 is 18.0 Å². The zero-order chi connectivity index (χ0) is 18.6. The SMILES string of the molecule is CNS(=O)(=O)c1ccc(NC(=O)CCC(=O)c2cc(C)sc2C)cc1. The molecule has 1 amide bonds. The van der Waals surface area contributed by atoms with Crippen molar-refractivity contribution in [3.8, 4) is 0 Å². The molecule has 2 N–H and O–H groups in total. The number of Topliss-reactive ketones (excluding diaryl/α,β-unsaturated/α-hetero) is 1. The van der Waals surface area contributed by atoms with Crippen LogP contribution < -0.4 is 10.0 Å². The van der Waals surface area contributed by atoms with E-state index in [0.29, 0.717) is 11.3 Å². The minimum atomic E-state index is -3.50. The minimum Gasteiger partial charge on any atom is -0.326 e. The summed E-state index contributed by atoms with van der Waals surface area (Å²) >= 11 is 1.56. The molecule has 1 aromatic heterocycles. The number of amides is 1. The summed E-state index contributed by atoms with van der Waals surface area (Å²) in [6.07, 6.45) is 0.207. The molecule has 0 spiro atoms. The van der Waals surface area contributed by atoms with Gasteiger partial charge in [-0.1, -0.05) is 0 Å². The van der Waals surface area contributed by atoms with Crippen LogP contribution in [0.4, 0.5) is 5.69 Å². The Morgan fingerprint density at radius 1 is 1.08 bits per heavy atom. The Balaban J connectivity index is 1.92. The van der Waals surface area contributed by atoms with E-state index in [9.17, 15) is 18.0 Å². The number of rotatable bonds is 7. The van der Waals surface area contributed by atoms with Crippen molar-refractivity contribution in [3.05, 3.63) is 45.6 Å². The van der Waals surface area contributed by atoms with E-state index in [1.54, 1.807) is 11.3 Å². The molecular formula is C17H20N2O4S2. The van der Waals surface area contributed by atoms with Crippen LogP contribution in [0.1, 0.15) is 33.0 Å². The van der Waals surface area contributed by atoms with E-state index in [0.717, 1.165) is 9.75 Å². The Bertz CT molecular complexity index is 884. The number of hydrogen-bond acceptors (Lipinski definition) is 5. The zero-order valence-electron chi connectivity index (χ0n) is 14.3. The molecule has 2 rings (SSSR count). The lowest BCUT2D eigenvalue weighted by atomic mass is 10.1. The van der Waals surface area contributed by atoms with E-state index < -0.39 is 10.0 Å². The molecule has 0 saturated heterocycles. The van der Waals surface area contributed by atoms with Gasteiger partial charge in [-0.3, -0.25) is 9.59 Å². The summed E-state index contributed by atoms with van der Waals surface area (Å²) in [4.78, 5) is 26.3. The fourth-order valence-corrected chi connectivity index (χ4v) is 4.00. The maximum atomic E-state index is 12.2. The van der Waals surface area contributed by atoms with E-state index in [4.69, 9.17) is 0 Å². The lowest BCUT2D eigenvalue weighted by molar-refractivity contribution is -0.116. The highest BCUT2D eigenvalue weighted by molar-refractivity contribution is 7.89. The van der Waals surface area contributed by atoms with Crippen molar-refractivity contribution in [1.29, 1.82) is 0 Å². The Morgan fingerprint density at radius 3 is 2.24 bits per heavy atom. The molecule has 0 radical (unpaired) electrons. The molecule has 1 heterocycles. The molecule has 25 heavy (non-hydrogen) atoms. The summed E-state index contributed by atoms with van der Waals surface area (Å²) in [7, 11) is -2.17. The molecule has 8 heteroatoms. The molecule has 6 nitrogen and oxygen atoms in total. The molecule has 1 aromatic carbocycles. The number of carbonyl (C=O) groups excluding carboxylic acids is 2. The zero-order valence-corrected chi connectivity index (χ0v) is 15.9. The van der Waals surface area contributed by atoms with Crippen LogP contribution >= 0.6 is 11.3 Å². The largest absolute Gasteiger partial charge is 0.326 e. The highest BCUT2D eigenvalue weighted by Crippen LogP contribution is 2.22. The molecule has 0 unspecified atom stereocenters. The fraction of sp³-hybridized carbons (Fsp3) is 0.294. The number of thiophene rings is 1. The molecule has 0 aliphatic rings. The van der Waals surface area contributed by atoms with Crippen molar-refractivity contribution in [2.45, 2.75) is 31.6 Å². The number of aryl methyl sites for hydroxylation is 2. The van der Waals surface area contributed by atoms with Gasteiger partial charge in [0.2, 0.25) is 15.9 Å². The topological polar surface area (TPSA) is 92.3 Å². The Labute approximate surface area is 151 Å². The summed E-state index contributed by atoms with van der Waals surface area (Å²) < 4.78 is 25.5. The van der Waals surface area contributed by atoms with Crippen LogP contribution in [0.5, 0.6) is 0 Å². The van der Waals surface area contributed by atoms with Gasteiger partial charge in [0, 0.05) is 33.8 Å². The van der Waals surface area contributed by atoms with Crippen LogP contribution in [-0.2, 0) is 14.8 Å². The van der Waals surface area contributed by atoms with Gasteiger partial charge in [0.1, 0.15) is 0 Å². The molecule has 2 aromatic rings. The first-order valence-corrected chi connectivity index (χ1v) is 9.96. The van der Waals surface area contributed by atoms with Gasteiger partial charge in [-0.15, -0.1) is 11.3 Å². The number of benzene rings is 1. The van der Waals surface area contributed by atoms with Gasteiger partial charge in [0.15, 0.2) is 5.78 Å². The van der Waals surface area contributed by atoms with Gasteiger partial charge in [-0.2, -0.15) is 0 Å². The maximum absolute atomic E-state index is 12.2. The number of ketones is 1. The fourth-order valence-electron chi connectivity index (χ4n) is 2.33. The Kier molecular flexibility index (Phi) is 6.10. The summed E-state index contributed by atoms with van der Waals surface area (Å²) in [5.41, 5.74) is 1.16. The van der Waals surface area contributed by atoms with Crippen molar-refractivity contribution >= 4 is 38.7 Å². The standard InChI is InChI=1S/C17H20N2O4S2/c1-11-10-15(12(2)24-11)16(20)8-9-17(21)19-13-4-6-14(7-5-13)25(22,23)18-3/h4-7,10,18H,8-9H2,1-3H3,(H,19,21). The van der Waals surface area contributed by atoms with Crippen LogP contribution in [0.2, 0.25) is 0 Å². The van der Waals surface area contributed by atoms with Gasteiger partial charge < -0.3 is 5.32 Å². The number of sulfonamides is 1. The molecule has 0 aliphatic carbocycles. The van der Waals surface area contributed by atoms with Crippen LogP contribution in [-0.4, -0.2) is 27.2 Å². The summed E-state index contributed by atoms with van der Waals surface area (Å²) in [6.45, 7) is 3.84. The van der Waals surface area contributed by atoms with Crippen molar-refractivity contribution in [3.63, 3.8) is 0 Å². The van der Waals surface area contributed by atoms with E-state index in [2.05, 4.69) is 10.0 Å². The van der Waals surface area contributed by atoms with Gasteiger partial charge >= 0.3 is 0 Å². The lowest BCUT2D eigenvalue weighted by Crippen LogP contribution is -2.18. The first kappa shape index (κ1) is 19.3. The van der Waals surface area contributed by atoms with E-state index in [-0.39, 0.29) is 29.4 Å². The van der Waals surface area contributed by atoms with Gasteiger partial charge in [0.25, 0.3) is 0 Å². The highest BCUT2D eigenvalue weighted by Gasteiger charge is 2.14. The van der Waals surface area contributed by atoms with Gasteiger partial charge in [0.05, 0.1) is 4.90 Å². The van der Waals surface area contributed by atoms with Crippen LogP contribution in [0.25, 0.3) is 0 Å². The van der Waals surface area contributed by atoms with Crippen molar-refractivity contribution in [2.75, 3.05) is 12.4 Å². The van der Waals surface area contributed by atoms with Gasteiger partial charge in [-0.05, 0) is 51.2 Å². The monoisotopic (exact) mass is 380 g/mol. The van der Waals surface area contributed by atoms with Crippen LogP contribution in [0, 0.1) is 13.8 Å². The number of carbonyl (C=O) groups is 2. The third-order valence-corrected chi connectivity index (χ3v) is 6.03. The molecule has 0 bridgehead atoms. The maximum Gasteiger partial charge on any atom is 0.240 e. The minimum absolute atomic E-state index is 0.0486. The molecule has 0 saturated carbocycles. The van der Waals surface area contributed by atoms with Crippen LogP contribution in [0.15, 0.2) is 35.2 Å². The second-order valence-corrected chi connectivity index (χ2v) is 8.88. The number of hydrogen-bond donors (Lipinski definition) is 2. The first-order chi connectivity index (χ1) is 11.7. The number of nitrogens with one attached hydrogen (secondary N) is 2. The second-order valence-electron chi connectivity index (χ2n) is 5.53.